The van der Waals surface area contributed by atoms with E-state index in [0.717, 1.165) is 24.3 Å². The zero-order valence-corrected chi connectivity index (χ0v) is 12.6. The van der Waals surface area contributed by atoms with Gasteiger partial charge >= 0.3 is 0 Å². The Morgan fingerprint density at radius 3 is 2.15 bits per heavy atom. The van der Waals surface area contributed by atoms with Crippen LogP contribution >= 0.6 is 0 Å². The summed E-state index contributed by atoms with van der Waals surface area (Å²) in [5, 5.41) is 9.05. The summed E-state index contributed by atoms with van der Waals surface area (Å²) in [5.74, 6) is -0.277. The van der Waals surface area contributed by atoms with Crippen LogP contribution in [0.4, 0.5) is 5.69 Å². The average molecular weight is 271 g/mol. The molecule has 0 aromatic heterocycles. The number of benzene rings is 1. The average Bonchev–Trinajstić information content (AvgIpc) is 2.46. The van der Waals surface area contributed by atoms with Crippen molar-refractivity contribution in [3.8, 4) is 6.07 Å². The Bertz CT molecular complexity index is 520. The summed E-state index contributed by atoms with van der Waals surface area (Å²) in [4.78, 5) is 15.4. The fraction of sp³-hybridized carbons (Fsp3) is 0.375. The predicted octanol–water partition coefficient (Wildman–Crippen LogP) is 2.53. The van der Waals surface area contributed by atoms with E-state index in [-0.39, 0.29) is 11.5 Å². The van der Waals surface area contributed by atoms with Crippen molar-refractivity contribution >= 4 is 17.7 Å². The van der Waals surface area contributed by atoms with Gasteiger partial charge in [-0.3, -0.25) is 4.79 Å². The van der Waals surface area contributed by atoms with Gasteiger partial charge in [-0.25, -0.2) is 0 Å². The van der Waals surface area contributed by atoms with Crippen LogP contribution < -0.4 is 4.90 Å². The smallest absolute Gasteiger partial charge is 0.264 e. The van der Waals surface area contributed by atoms with Gasteiger partial charge < -0.3 is 9.80 Å². The molecular formula is C16H21N3O. The van der Waals surface area contributed by atoms with Crippen molar-refractivity contribution in [3.05, 3.63) is 35.4 Å². The molecule has 0 aliphatic carbocycles. The van der Waals surface area contributed by atoms with E-state index >= 15 is 0 Å². The second-order valence-corrected chi connectivity index (χ2v) is 4.63. The lowest BCUT2D eigenvalue weighted by atomic mass is 10.1. The van der Waals surface area contributed by atoms with E-state index in [1.807, 2.05) is 30.3 Å². The molecule has 0 bridgehead atoms. The van der Waals surface area contributed by atoms with Crippen molar-refractivity contribution in [3.63, 3.8) is 0 Å². The van der Waals surface area contributed by atoms with E-state index in [9.17, 15) is 4.79 Å². The van der Waals surface area contributed by atoms with Crippen LogP contribution in [0.25, 0.3) is 6.08 Å². The fourth-order valence-corrected chi connectivity index (χ4v) is 1.92. The van der Waals surface area contributed by atoms with Crippen LogP contribution in [0.5, 0.6) is 0 Å². The number of hydrogen-bond acceptors (Lipinski definition) is 3. The lowest BCUT2D eigenvalue weighted by molar-refractivity contribution is -0.124. The van der Waals surface area contributed by atoms with E-state index in [0.29, 0.717) is 0 Å². The van der Waals surface area contributed by atoms with Crippen LogP contribution in [0.1, 0.15) is 19.4 Å². The summed E-state index contributed by atoms with van der Waals surface area (Å²) in [6.45, 7) is 6.13. The van der Waals surface area contributed by atoms with Crippen LogP contribution in [0.2, 0.25) is 0 Å². The normalized spacial score (nSPS) is 10.8. The molecule has 4 nitrogen and oxygen atoms in total. The van der Waals surface area contributed by atoms with Crippen LogP contribution in [0, 0.1) is 11.3 Å². The molecule has 0 atom stereocenters. The number of nitriles is 1. The van der Waals surface area contributed by atoms with Crippen molar-refractivity contribution in [1.82, 2.24) is 4.90 Å². The Morgan fingerprint density at radius 2 is 1.75 bits per heavy atom. The molecule has 0 saturated carbocycles. The summed E-state index contributed by atoms with van der Waals surface area (Å²) >= 11 is 0. The number of amides is 1. The number of hydrogen-bond donors (Lipinski definition) is 0. The molecule has 0 fully saturated rings. The maximum atomic E-state index is 11.8. The van der Waals surface area contributed by atoms with Crippen molar-refractivity contribution in [2.24, 2.45) is 0 Å². The van der Waals surface area contributed by atoms with Crippen molar-refractivity contribution < 1.29 is 4.79 Å². The Hall–Kier alpha value is -2.28. The molecule has 1 aromatic rings. The largest absolute Gasteiger partial charge is 0.372 e. The molecule has 20 heavy (non-hydrogen) atoms. The van der Waals surface area contributed by atoms with Gasteiger partial charge in [-0.2, -0.15) is 5.26 Å². The van der Waals surface area contributed by atoms with Crippen LogP contribution in [-0.2, 0) is 4.79 Å². The molecule has 0 spiro atoms. The highest BCUT2D eigenvalue weighted by Gasteiger charge is 2.10. The van der Waals surface area contributed by atoms with Crippen molar-refractivity contribution in [2.45, 2.75) is 13.8 Å². The summed E-state index contributed by atoms with van der Waals surface area (Å²) in [5.41, 5.74) is 2.14. The van der Waals surface area contributed by atoms with Gasteiger partial charge in [0.2, 0.25) is 0 Å². The topological polar surface area (TPSA) is 47.3 Å². The summed E-state index contributed by atoms with van der Waals surface area (Å²) < 4.78 is 0. The Morgan fingerprint density at radius 1 is 1.20 bits per heavy atom. The van der Waals surface area contributed by atoms with Crippen LogP contribution in [0.15, 0.2) is 29.8 Å². The van der Waals surface area contributed by atoms with Gasteiger partial charge in [-0.05, 0) is 37.6 Å². The minimum atomic E-state index is -0.277. The number of likely N-dealkylation sites (N-methyl/N-ethyl adjacent to an activating group) is 1. The van der Waals surface area contributed by atoms with Gasteiger partial charge in [0.15, 0.2) is 0 Å². The third-order valence-corrected chi connectivity index (χ3v) is 3.09. The monoisotopic (exact) mass is 271 g/mol. The maximum Gasteiger partial charge on any atom is 0.264 e. The first-order valence-electron chi connectivity index (χ1n) is 6.71. The molecular weight excluding hydrogens is 250 g/mol. The van der Waals surface area contributed by atoms with Gasteiger partial charge in [0, 0.05) is 32.9 Å². The van der Waals surface area contributed by atoms with Crippen LogP contribution in [0.3, 0.4) is 0 Å². The van der Waals surface area contributed by atoms with Crippen molar-refractivity contribution in [2.75, 3.05) is 32.1 Å². The lowest BCUT2D eigenvalue weighted by Gasteiger charge is -2.20. The minimum absolute atomic E-state index is 0.144. The molecule has 106 valence electrons. The standard InChI is InChI=1S/C16H21N3O/c1-5-19(6-2)15-9-7-13(8-10-15)11-14(12-17)16(20)18(3)4/h7-11H,5-6H2,1-4H3/b14-11-. The Balaban J connectivity index is 2.99. The lowest BCUT2D eigenvalue weighted by Crippen LogP contribution is -2.22. The second-order valence-electron chi connectivity index (χ2n) is 4.63. The zero-order valence-electron chi connectivity index (χ0n) is 12.6. The molecule has 1 aromatic carbocycles. The van der Waals surface area contributed by atoms with Crippen molar-refractivity contribution in [1.29, 1.82) is 5.26 Å². The second kappa shape index (κ2) is 7.34. The molecule has 0 heterocycles. The highest BCUT2D eigenvalue weighted by molar-refractivity contribution is 6.01. The van der Waals surface area contributed by atoms with Gasteiger partial charge in [-0.1, -0.05) is 12.1 Å². The molecule has 0 unspecified atom stereocenters. The number of carbonyl (C=O) groups is 1. The van der Waals surface area contributed by atoms with E-state index in [4.69, 9.17) is 5.26 Å². The van der Waals surface area contributed by atoms with Gasteiger partial charge in [0.05, 0.1) is 0 Å². The minimum Gasteiger partial charge on any atom is -0.372 e. The number of rotatable bonds is 5. The quantitative estimate of drug-likeness (QED) is 0.610. The van der Waals surface area contributed by atoms with E-state index in [2.05, 4.69) is 18.7 Å². The summed E-state index contributed by atoms with van der Waals surface area (Å²) in [7, 11) is 3.27. The van der Waals surface area contributed by atoms with E-state index in [1.54, 1.807) is 20.2 Å². The first-order valence-corrected chi connectivity index (χ1v) is 6.71. The number of carbonyl (C=O) groups excluding carboxylic acids is 1. The van der Waals surface area contributed by atoms with E-state index < -0.39 is 0 Å². The fourth-order valence-electron chi connectivity index (χ4n) is 1.92. The first-order chi connectivity index (χ1) is 9.53. The molecule has 0 saturated heterocycles. The van der Waals surface area contributed by atoms with Gasteiger partial charge in [0.25, 0.3) is 5.91 Å². The number of nitrogens with zero attached hydrogens (tertiary/aromatic N) is 3. The molecule has 0 aliphatic rings. The third kappa shape index (κ3) is 3.86. The highest BCUT2D eigenvalue weighted by atomic mass is 16.2. The molecule has 0 radical (unpaired) electrons. The Labute approximate surface area is 120 Å². The molecule has 4 heteroatoms. The van der Waals surface area contributed by atoms with Gasteiger partial charge in [-0.15, -0.1) is 0 Å². The molecule has 0 N–H and O–H groups in total. The third-order valence-electron chi connectivity index (χ3n) is 3.09. The summed E-state index contributed by atoms with van der Waals surface area (Å²) in [6, 6.07) is 9.82. The number of anilines is 1. The molecule has 1 rings (SSSR count). The first kappa shape index (κ1) is 15.8. The SMILES string of the molecule is CCN(CC)c1ccc(/C=C(/C#N)C(=O)N(C)C)cc1. The Kier molecular flexibility index (Phi) is 5.79. The summed E-state index contributed by atoms with van der Waals surface area (Å²) in [6.07, 6.45) is 1.62. The van der Waals surface area contributed by atoms with Gasteiger partial charge in [0.1, 0.15) is 11.6 Å². The molecule has 1 amide bonds. The molecule has 0 aliphatic heterocycles. The highest BCUT2D eigenvalue weighted by Crippen LogP contribution is 2.17. The maximum absolute atomic E-state index is 11.8. The zero-order chi connectivity index (χ0) is 15.1. The van der Waals surface area contributed by atoms with E-state index in [1.165, 1.54) is 4.90 Å². The van der Waals surface area contributed by atoms with Crippen LogP contribution in [-0.4, -0.2) is 38.0 Å². The predicted molar refractivity (Wildman–Crippen MR) is 82.3 cm³/mol.